The first kappa shape index (κ1) is 15.2. The normalized spacial score (nSPS) is 17.2. The number of anilines is 1. The van der Waals surface area contributed by atoms with Crippen LogP contribution in [0.25, 0.3) is 0 Å². The third-order valence-electron chi connectivity index (χ3n) is 3.25. The monoisotopic (exact) mass is 293 g/mol. The Morgan fingerprint density at radius 2 is 2.05 bits per heavy atom. The summed E-state index contributed by atoms with van der Waals surface area (Å²) in [4.78, 5) is 12.9. The minimum absolute atomic E-state index is 0.366. The largest absolute Gasteiger partial charge is 0.444 e. The third-order valence-corrected chi connectivity index (χ3v) is 4.65. The Morgan fingerprint density at radius 3 is 2.60 bits per heavy atom. The maximum absolute atomic E-state index is 11.8. The highest BCUT2D eigenvalue weighted by molar-refractivity contribution is 8.00. The Morgan fingerprint density at radius 1 is 1.35 bits per heavy atom. The summed E-state index contributed by atoms with van der Waals surface area (Å²) >= 11 is 1.89. The molecule has 110 valence electrons. The van der Waals surface area contributed by atoms with E-state index in [1.807, 2.05) is 50.7 Å². The van der Waals surface area contributed by atoms with Gasteiger partial charge in [-0.1, -0.05) is 19.4 Å². The Hall–Kier alpha value is -1.16. The van der Waals surface area contributed by atoms with Crippen molar-refractivity contribution in [2.24, 2.45) is 0 Å². The second kappa shape index (κ2) is 5.68. The zero-order valence-corrected chi connectivity index (χ0v) is 13.5. The molecule has 1 fully saturated rings. The Balaban J connectivity index is 1.97. The van der Waals surface area contributed by atoms with E-state index in [1.165, 1.54) is 24.2 Å². The minimum Gasteiger partial charge on any atom is -0.444 e. The molecule has 1 aromatic rings. The lowest BCUT2D eigenvalue weighted by Gasteiger charge is -2.37. The lowest BCUT2D eigenvalue weighted by Crippen LogP contribution is -2.28. The molecule has 1 aromatic carbocycles. The fourth-order valence-electron chi connectivity index (χ4n) is 2.12. The van der Waals surface area contributed by atoms with Crippen LogP contribution in [0.15, 0.2) is 29.2 Å². The predicted octanol–water partition coefficient (Wildman–Crippen LogP) is 5.07. The number of thioether (sulfide) groups is 1. The van der Waals surface area contributed by atoms with Gasteiger partial charge in [-0.3, -0.25) is 5.32 Å². The molecule has 0 unspecified atom stereocenters. The number of carbonyl (C=O) groups excluding carboxylic acids is 1. The van der Waals surface area contributed by atoms with Gasteiger partial charge in [-0.05, 0) is 51.8 Å². The van der Waals surface area contributed by atoms with Gasteiger partial charge >= 0.3 is 6.09 Å². The number of benzene rings is 1. The molecule has 0 heterocycles. The van der Waals surface area contributed by atoms with E-state index in [9.17, 15) is 4.79 Å². The fraction of sp³-hybridized carbons (Fsp3) is 0.562. The van der Waals surface area contributed by atoms with Crippen molar-refractivity contribution in [1.29, 1.82) is 0 Å². The maximum atomic E-state index is 11.8. The van der Waals surface area contributed by atoms with Gasteiger partial charge in [0.05, 0.1) is 0 Å². The molecule has 0 saturated heterocycles. The summed E-state index contributed by atoms with van der Waals surface area (Å²) in [5, 5.41) is 2.79. The number of amides is 1. The molecule has 0 atom stereocenters. The lowest BCUT2D eigenvalue weighted by molar-refractivity contribution is 0.0636. The molecule has 4 heteroatoms. The number of rotatable bonds is 3. The smallest absolute Gasteiger partial charge is 0.412 e. The van der Waals surface area contributed by atoms with Crippen LogP contribution in [0.5, 0.6) is 0 Å². The Labute approximate surface area is 125 Å². The van der Waals surface area contributed by atoms with Gasteiger partial charge in [0, 0.05) is 15.3 Å². The molecular formula is C16H23NO2S. The van der Waals surface area contributed by atoms with Gasteiger partial charge in [0.15, 0.2) is 0 Å². The van der Waals surface area contributed by atoms with E-state index >= 15 is 0 Å². The third kappa shape index (κ3) is 4.44. The van der Waals surface area contributed by atoms with E-state index in [2.05, 4.69) is 18.3 Å². The van der Waals surface area contributed by atoms with Gasteiger partial charge in [0.1, 0.15) is 5.60 Å². The maximum Gasteiger partial charge on any atom is 0.412 e. The Bertz CT molecular complexity index is 489. The number of hydrogen-bond donors (Lipinski definition) is 1. The summed E-state index contributed by atoms with van der Waals surface area (Å²) in [6, 6.07) is 7.96. The van der Waals surface area contributed by atoms with Gasteiger partial charge in [0.2, 0.25) is 0 Å². The molecule has 0 radical (unpaired) electrons. The van der Waals surface area contributed by atoms with Crippen LogP contribution in [0.3, 0.4) is 0 Å². The second-order valence-corrected chi connectivity index (χ2v) is 8.22. The molecule has 2 rings (SSSR count). The highest BCUT2D eigenvalue weighted by Crippen LogP contribution is 2.47. The molecule has 0 spiro atoms. The van der Waals surface area contributed by atoms with Gasteiger partial charge < -0.3 is 4.74 Å². The molecule has 1 aliphatic carbocycles. The first-order valence-corrected chi connectivity index (χ1v) is 7.87. The molecule has 20 heavy (non-hydrogen) atoms. The number of carbonyl (C=O) groups is 1. The van der Waals surface area contributed by atoms with Crippen molar-refractivity contribution in [1.82, 2.24) is 0 Å². The van der Waals surface area contributed by atoms with E-state index in [-0.39, 0.29) is 0 Å². The highest BCUT2D eigenvalue weighted by atomic mass is 32.2. The molecular weight excluding hydrogens is 270 g/mol. The molecule has 0 bridgehead atoms. The van der Waals surface area contributed by atoms with Crippen molar-refractivity contribution in [3.8, 4) is 0 Å². The number of hydrogen-bond acceptors (Lipinski definition) is 3. The van der Waals surface area contributed by atoms with Crippen LogP contribution in [0.1, 0.15) is 47.0 Å². The van der Waals surface area contributed by atoms with E-state index in [1.54, 1.807) is 0 Å². The standard InChI is InChI=1S/C16H23NO2S/c1-15(2,3)19-14(18)17-12-7-5-8-13(11-12)20-16(4)9-6-10-16/h5,7-8,11H,6,9-10H2,1-4H3,(H,17,18). The average Bonchev–Trinajstić information content (AvgIpc) is 2.24. The van der Waals surface area contributed by atoms with Gasteiger partial charge in [-0.2, -0.15) is 0 Å². The number of nitrogens with one attached hydrogen (secondary N) is 1. The molecule has 0 aromatic heterocycles. The van der Waals surface area contributed by atoms with Crippen molar-refractivity contribution in [3.05, 3.63) is 24.3 Å². The van der Waals surface area contributed by atoms with Crippen LogP contribution in [-0.4, -0.2) is 16.4 Å². The summed E-state index contributed by atoms with van der Waals surface area (Å²) in [5.74, 6) is 0. The van der Waals surface area contributed by atoms with E-state index < -0.39 is 11.7 Å². The molecule has 1 aliphatic rings. The van der Waals surface area contributed by atoms with Crippen LogP contribution < -0.4 is 5.32 Å². The van der Waals surface area contributed by atoms with E-state index in [4.69, 9.17) is 4.74 Å². The van der Waals surface area contributed by atoms with Crippen LogP contribution >= 0.6 is 11.8 Å². The van der Waals surface area contributed by atoms with Gasteiger partial charge in [-0.25, -0.2) is 4.79 Å². The zero-order chi connectivity index (χ0) is 14.8. The molecule has 1 amide bonds. The SMILES string of the molecule is CC(C)(C)OC(=O)Nc1cccc(SC2(C)CCC2)c1. The van der Waals surface area contributed by atoms with Crippen molar-refractivity contribution in [3.63, 3.8) is 0 Å². The predicted molar refractivity (Wildman–Crippen MR) is 84.4 cm³/mol. The second-order valence-electron chi connectivity index (χ2n) is 6.56. The average molecular weight is 293 g/mol. The molecule has 3 nitrogen and oxygen atoms in total. The fourth-order valence-corrected chi connectivity index (χ4v) is 3.51. The Kier molecular flexibility index (Phi) is 4.33. The first-order chi connectivity index (χ1) is 9.26. The summed E-state index contributed by atoms with van der Waals surface area (Å²) in [6.45, 7) is 7.87. The summed E-state index contributed by atoms with van der Waals surface area (Å²) in [7, 11) is 0. The highest BCUT2D eigenvalue weighted by Gasteiger charge is 2.32. The quantitative estimate of drug-likeness (QED) is 0.845. The van der Waals surface area contributed by atoms with Crippen molar-refractivity contribution < 1.29 is 9.53 Å². The van der Waals surface area contributed by atoms with Crippen molar-refractivity contribution in [2.75, 3.05) is 5.32 Å². The van der Waals surface area contributed by atoms with Crippen LogP contribution in [0, 0.1) is 0 Å². The van der Waals surface area contributed by atoms with Crippen LogP contribution in [0.2, 0.25) is 0 Å². The van der Waals surface area contributed by atoms with Crippen molar-refractivity contribution >= 4 is 23.5 Å². The lowest BCUT2D eigenvalue weighted by atomic mass is 9.86. The molecule has 1 N–H and O–H groups in total. The van der Waals surface area contributed by atoms with Gasteiger partial charge in [-0.15, -0.1) is 11.8 Å². The van der Waals surface area contributed by atoms with E-state index in [0.717, 1.165) is 5.69 Å². The van der Waals surface area contributed by atoms with E-state index in [0.29, 0.717) is 4.75 Å². The molecule has 0 aliphatic heterocycles. The van der Waals surface area contributed by atoms with Crippen LogP contribution in [-0.2, 0) is 4.74 Å². The topological polar surface area (TPSA) is 38.3 Å². The van der Waals surface area contributed by atoms with Crippen molar-refractivity contribution in [2.45, 2.75) is 62.2 Å². The zero-order valence-electron chi connectivity index (χ0n) is 12.7. The molecule has 1 saturated carbocycles. The van der Waals surface area contributed by atoms with Crippen LogP contribution in [0.4, 0.5) is 10.5 Å². The minimum atomic E-state index is -0.476. The summed E-state index contributed by atoms with van der Waals surface area (Å²) in [5.41, 5.74) is 0.308. The first-order valence-electron chi connectivity index (χ1n) is 7.05. The van der Waals surface area contributed by atoms with Gasteiger partial charge in [0.25, 0.3) is 0 Å². The summed E-state index contributed by atoms with van der Waals surface area (Å²) < 4.78 is 5.62. The number of ether oxygens (including phenoxy) is 1. The summed E-state index contributed by atoms with van der Waals surface area (Å²) in [6.07, 6.45) is 3.44.